The van der Waals surface area contributed by atoms with Gasteiger partial charge < -0.3 is 4.90 Å². The van der Waals surface area contributed by atoms with Crippen LogP contribution < -0.4 is 0 Å². The van der Waals surface area contributed by atoms with Crippen LogP contribution in [-0.2, 0) is 6.54 Å². The van der Waals surface area contributed by atoms with E-state index in [1.165, 1.54) is 0 Å². The van der Waals surface area contributed by atoms with Crippen molar-refractivity contribution in [3.05, 3.63) is 17.5 Å². The lowest BCUT2D eigenvalue weighted by molar-refractivity contribution is 0.0690. The Kier molecular flexibility index (Phi) is 3.50. The van der Waals surface area contributed by atoms with Crippen molar-refractivity contribution in [1.29, 1.82) is 0 Å². The number of hydrogen-bond acceptors (Lipinski definition) is 2. The molecule has 1 aliphatic heterocycles. The van der Waals surface area contributed by atoms with Crippen molar-refractivity contribution >= 4 is 5.91 Å². The second-order valence-electron chi connectivity index (χ2n) is 4.96. The van der Waals surface area contributed by atoms with Gasteiger partial charge in [0, 0.05) is 25.3 Å². The van der Waals surface area contributed by atoms with Gasteiger partial charge in [-0.1, -0.05) is 6.92 Å². The summed E-state index contributed by atoms with van der Waals surface area (Å²) in [6.07, 6.45) is 2.22. The minimum absolute atomic E-state index is 0.0900. The zero-order valence-corrected chi connectivity index (χ0v) is 10.9. The van der Waals surface area contributed by atoms with Gasteiger partial charge in [0.2, 0.25) is 0 Å². The maximum absolute atomic E-state index is 12.2. The van der Waals surface area contributed by atoms with Crippen LogP contribution in [-0.4, -0.2) is 33.7 Å². The molecule has 17 heavy (non-hydrogen) atoms. The van der Waals surface area contributed by atoms with Crippen molar-refractivity contribution in [2.24, 2.45) is 5.92 Å². The topological polar surface area (TPSA) is 38.1 Å². The molecule has 0 bridgehead atoms. The van der Waals surface area contributed by atoms with Crippen LogP contribution in [0.2, 0.25) is 0 Å². The molecule has 0 N–H and O–H groups in total. The van der Waals surface area contributed by atoms with E-state index in [0.717, 1.165) is 44.1 Å². The van der Waals surface area contributed by atoms with Gasteiger partial charge in [-0.2, -0.15) is 5.10 Å². The number of rotatable bonds is 2. The highest BCUT2D eigenvalue weighted by Crippen LogP contribution is 2.18. The molecule has 0 radical (unpaired) electrons. The summed E-state index contributed by atoms with van der Waals surface area (Å²) in [4.78, 5) is 14.2. The first-order valence-electron chi connectivity index (χ1n) is 6.45. The summed E-state index contributed by atoms with van der Waals surface area (Å²) in [7, 11) is 0. The number of carbonyl (C=O) groups is 1. The minimum Gasteiger partial charge on any atom is -0.337 e. The highest BCUT2D eigenvalue weighted by atomic mass is 16.2. The van der Waals surface area contributed by atoms with Gasteiger partial charge in [-0.15, -0.1) is 0 Å². The summed E-state index contributed by atoms with van der Waals surface area (Å²) < 4.78 is 1.87. The number of aromatic nitrogens is 2. The standard InChI is InChI=1S/C13H21N3O/c1-4-16-11(3)9-12(14-16)13(17)15-7-5-10(2)6-8-15/h9-10H,4-8H2,1-3H3. The Balaban J connectivity index is 2.08. The van der Waals surface area contributed by atoms with E-state index in [4.69, 9.17) is 0 Å². The molecule has 1 aromatic heterocycles. The monoisotopic (exact) mass is 235 g/mol. The van der Waals surface area contributed by atoms with Crippen LogP contribution in [0.1, 0.15) is 42.9 Å². The number of nitrogens with zero attached hydrogens (tertiary/aromatic N) is 3. The molecule has 0 unspecified atom stereocenters. The summed E-state index contributed by atoms with van der Waals surface area (Å²) in [5, 5.41) is 4.35. The largest absolute Gasteiger partial charge is 0.337 e. The molecular formula is C13H21N3O. The normalized spacial score (nSPS) is 17.5. The Hall–Kier alpha value is -1.32. The first-order valence-corrected chi connectivity index (χ1v) is 6.45. The van der Waals surface area contributed by atoms with E-state index < -0.39 is 0 Å². The third-order valence-electron chi connectivity index (χ3n) is 3.57. The third kappa shape index (κ3) is 2.51. The zero-order chi connectivity index (χ0) is 12.4. The number of piperidine rings is 1. The van der Waals surface area contributed by atoms with E-state index in [2.05, 4.69) is 12.0 Å². The molecule has 0 spiro atoms. The number of carbonyl (C=O) groups excluding carboxylic acids is 1. The van der Waals surface area contributed by atoms with Crippen LogP contribution >= 0.6 is 0 Å². The highest BCUT2D eigenvalue weighted by molar-refractivity contribution is 5.92. The predicted octanol–water partition coefficient (Wildman–Crippen LogP) is 2.08. The fraction of sp³-hybridized carbons (Fsp3) is 0.692. The Labute approximate surface area is 103 Å². The SMILES string of the molecule is CCn1nc(C(=O)N2CCC(C)CC2)cc1C. The van der Waals surface area contributed by atoms with Gasteiger partial charge in [0.25, 0.3) is 5.91 Å². The molecule has 1 fully saturated rings. The van der Waals surface area contributed by atoms with Gasteiger partial charge in [0.15, 0.2) is 5.69 Å². The molecule has 0 saturated carbocycles. The minimum atomic E-state index is 0.0900. The highest BCUT2D eigenvalue weighted by Gasteiger charge is 2.23. The average molecular weight is 235 g/mol. The Morgan fingerprint density at radius 1 is 1.47 bits per heavy atom. The molecule has 94 valence electrons. The number of amides is 1. The molecular weight excluding hydrogens is 214 g/mol. The van der Waals surface area contributed by atoms with Crippen molar-refractivity contribution < 1.29 is 4.79 Å². The summed E-state index contributed by atoms with van der Waals surface area (Å²) in [6, 6.07) is 1.89. The first-order chi connectivity index (χ1) is 8.11. The van der Waals surface area contributed by atoms with E-state index in [9.17, 15) is 4.79 Å². The van der Waals surface area contributed by atoms with E-state index in [0.29, 0.717) is 5.69 Å². The second-order valence-corrected chi connectivity index (χ2v) is 4.96. The van der Waals surface area contributed by atoms with E-state index in [-0.39, 0.29) is 5.91 Å². The molecule has 4 heteroatoms. The second kappa shape index (κ2) is 4.90. The molecule has 2 rings (SSSR count). The molecule has 1 amide bonds. The van der Waals surface area contributed by atoms with Gasteiger partial charge in [-0.25, -0.2) is 0 Å². The van der Waals surface area contributed by atoms with Crippen LogP contribution in [0.15, 0.2) is 6.07 Å². The maximum atomic E-state index is 12.2. The van der Waals surface area contributed by atoms with Crippen molar-refractivity contribution in [2.45, 2.75) is 40.2 Å². The van der Waals surface area contributed by atoms with Gasteiger partial charge in [0.05, 0.1) is 0 Å². The van der Waals surface area contributed by atoms with Gasteiger partial charge in [0.1, 0.15) is 0 Å². The summed E-state index contributed by atoms with van der Waals surface area (Å²) >= 11 is 0. The van der Waals surface area contributed by atoms with Gasteiger partial charge >= 0.3 is 0 Å². The molecule has 1 aliphatic rings. The molecule has 2 heterocycles. The lowest BCUT2D eigenvalue weighted by Crippen LogP contribution is -2.38. The summed E-state index contributed by atoms with van der Waals surface area (Å²) in [6.45, 7) is 8.84. The number of likely N-dealkylation sites (tertiary alicyclic amines) is 1. The predicted molar refractivity (Wildman–Crippen MR) is 66.9 cm³/mol. The smallest absolute Gasteiger partial charge is 0.274 e. The Morgan fingerprint density at radius 2 is 2.12 bits per heavy atom. The van der Waals surface area contributed by atoms with E-state index in [1.54, 1.807) is 0 Å². The van der Waals surface area contributed by atoms with Crippen molar-refractivity contribution in [1.82, 2.24) is 14.7 Å². The van der Waals surface area contributed by atoms with Gasteiger partial charge in [-0.3, -0.25) is 9.48 Å². The fourth-order valence-electron chi connectivity index (χ4n) is 2.31. The third-order valence-corrected chi connectivity index (χ3v) is 3.57. The van der Waals surface area contributed by atoms with Gasteiger partial charge in [-0.05, 0) is 38.7 Å². The quantitative estimate of drug-likeness (QED) is 0.787. The summed E-state index contributed by atoms with van der Waals surface area (Å²) in [5.41, 5.74) is 1.65. The zero-order valence-electron chi connectivity index (χ0n) is 10.9. The van der Waals surface area contributed by atoms with Crippen molar-refractivity contribution in [3.63, 3.8) is 0 Å². The number of hydrogen-bond donors (Lipinski definition) is 0. The molecule has 4 nitrogen and oxygen atoms in total. The lowest BCUT2D eigenvalue weighted by atomic mass is 9.99. The molecule has 1 saturated heterocycles. The molecule has 0 atom stereocenters. The summed E-state index contributed by atoms with van der Waals surface area (Å²) in [5.74, 6) is 0.834. The van der Waals surface area contributed by atoms with Crippen LogP contribution in [0, 0.1) is 12.8 Å². The number of aryl methyl sites for hydroxylation is 2. The van der Waals surface area contributed by atoms with Crippen LogP contribution in [0.25, 0.3) is 0 Å². The fourth-order valence-corrected chi connectivity index (χ4v) is 2.31. The molecule has 0 aliphatic carbocycles. The van der Waals surface area contributed by atoms with Crippen molar-refractivity contribution in [3.8, 4) is 0 Å². The molecule has 0 aromatic carbocycles. The first kappa shape index (κ1) is 12.1. The maximum Gasteiger partial charge on any atom is 0.274 e. The van der Waals surface area contributed by atoms with Crippen LogP contribution in [0.3, 0.4) is 0 Å². The van der Waals surface area contributed by atoms with E-state index in [1.807, 2.05) is 29.5 Å². The van der Waals surface area contributed by atoms with E-state index >= 15 is 0 Å². The van der Waals surface area contributed by atoms with Crippen molar-refractivity contribution in [2.75, 3.05) is 13.1 Å². The Morgan fingerprint density at radius 3 is 2.65 bits per heavy atom. The average Bonchev–Trinajstić information content (AvgIpc) is 2.70. The molecule has 1 aromatic rings. The lowest BCUT2D eigenvalue weighted by Gasteiger charge is -2.29. The van der Waals surface area contributed by atoms with Crippen LogP contribution in [0.5, 0.6) is 0 Å². The Bertz CT molecular complexity index is 403. The van der Waals surface area contributed by atoms with Crippen LogP contribution in [0.4, 0.5) is 0 Å².